The summed E-state index contributed by atoms with van der Waals surface area (Å²) in [6.45, 7) is 1.89. The van der Waals surface area contributed by atoms with Gasteiger partial charge in [0.1, 0.15) is 5.82 Å². The van der Waals surface area contributed by atoms with Gasteiger partial charge in [0.2, 0.25) is 0 Å². The zero-order valence-electron chi connectivity index (χ0n) is 8.14. The monoisotopic (exact) mass is 189 g/mol. The summed E-state index contributed by atoms with van der Waals surface area (Å²) in [5.41, 5.74) is 1.01. The summed E-state index contributed by atoms with van der Waals surface area (Å²) >= 11 is 0. The lowest BCUT2D eigenvalue weighted by Crippen LogP contribution is -1.99. The normalized spacial score (nSPS) is 10.1. The van der Waals surface area contributed by atoms with Crippen LogP contribution in [0, 0.1) is 6.92 Å². The molecular weight excluding hydrogens is 178 g/mol. The molecule has 14 heavy (non-hydrogen) atoms. The van der Waals surface area contributed by atoms with Crippen LogP contribution >= 0.6 is 0 Å². The van der Waals surface area contributed by atoms with Crippen molar-refractivity contribution in [3.63, 3.8) is 0 Å². The Hall–Kier alpha value is -1.84. The van der Waals surface area contributed by atoms with Crippen molar-refractivity contribution < 1.29 is 4.74 Å². The summed E-state index contributed by atoms with van der Waals surface area (Å²) in [7, 11) is 1.59. The van der Waals surface area contributed by atoms with Crippen LogP contribution in [0.4, 0.5) is 0 Å². The Balaban J connectivity index is 2.55. The van der Waals surface area contributed by atoms with E-state index < -0.39 is 0 Å². The highest BCUT2D eigenvalue weighted by atomic mass is 16.5. The van der Waals surface area contributed by atoms with Gasteiger partial charge in [0.25, 0.3) is 0 Å². The Labute approximate surface area is 82.2 Å². The van der Waals surface area contributed by atoms with Gasteiger partial charge in [0, 0.05) is 0 Å². The molecule has 0 amide bonds. The lowest BCUT2D eigenvalue weighted by molar-refractivity contribution is 0.371. The maximum Gasteiger partial charge on any atom is 0.321 e. The van der Waals surface area contributed by atoms with Crippen molar-refractivity contribution in [2.24, 2.45) is 0 Å². The van der Waals surface area contributed by atoms with Gasteiger partial charge >= 0.3 is 6.01 Å². The first-order valence-corrected chi connectivity index (χ1v) is 4.34. The minimum atomic E-state index is 0.508. The molecule has 1 aromatic carbocycles. The van der Waals surface area contributed by atoms with Crippen LogP contribution in [-0.4, -0.2) is 21.9 Å². The third-order valence-corrected chi connectivity index (χ3v) is 1.99. The van der Waals surface area contributed by atoms with Gasteiger partial charge < -0.3 is 4.74 Å². The molecule has 0 spiro atoms. The third-order valence-electron chi connectivity index (χ3n) is 1.99. The van der Waals surface area contributed by atoms with Crippen molar-refractivity contribution in [1.82, 2.24) is 14.8 Å². The second-order valence-corrected chi connectivity index (χ2v) is 2.90. The zero-order valence-corrected chi connectivity index (χ0v) is 8.14. The molecule has 0 bridgehead atoms. The molecule has 0 fully saturated rings. The Morgan fingerprint density at radius 3 is 2.50 bits per heavy atom. The molecule has 4 nitrogen and oxygen atoms in total. The van der Waals surface area contributed by atoms with E-state index >= 15 is 0 Å². The van der Waals surface area contributed by atoms with Crippen molar-refractivity contribution in [2.45, 2.75) is 6.92 Å². The largest absolute Gasteiger partial charge is 0.467 e. The van der Waals surface area contributed by atoms with E-state index in [0.717, 1.165) is 11.5 Å². The zero-order chi connectivity index (χ0) is 9.97. The number of para-hydroxylation sites is 1. The van der Waals surface area contributed by atoms with Crippen LogP contribution in [0.15, 0.2) is 30.3 Å². The van der Waals surface area contributed by atoms with E-state index in [1.807, 2.05) is 41.8 Å². The number of hydrogen-bond acceptors (Lipinski definition) is 3. The smallest absolute Gasteiger partial charge is 0.321 e. The van der Waals surface area contributed by atoms with Crippen LogP contribution in [0.25, 0.3) is 5.69 Å². The van der Waals surface area contributed by atoms with E-state index in [1.165, 1.54) is 0 Å². The van der Waals surface area contributed by atoms with Crippen LogP contribution in [0.5, 0.6) is 6.01 Å². The molecule has 0 aliphatic heterocycles. The lowest BCUT2D eigenvalue weighted by atomic mass is 10.3. The predicted molar refractivity (Wildman–Crippen MR) is 52.6 cm³/mol. The Kier molecular flexibility index (Phi) is 2.18. The van der Waals surface area contributed by atoms with E-state index in [1.54, 1.807) is 7.11 Å². The summed E-state index contributed by atoms with van der Waals surface area (Å²) in [5, 5.41) is 7.85. The van der Waals surface area contributed by atoms with Crippen LogP contribution < -0.4 is 4.74 Å². The molecule has 2 rings (SSSR count). The summed E-state index contributed by atoms with van der Waals surface area (Å²) in [5.74, 6) is 0.813. The van der Waals surface area contributed by atoms with Crippen molar-refractivity contribution in [3.8, 4) is 11.7 Å². The highest BCUT2D eigenvalue weighted by Crippen LogP contribution is 2.16. The standard InChI is InChI=1S/C10H11N3O/c1-8-11-12-10(14-2)13(8)9-6-4-3-5-7-9/h3-7H,1-2H3. The molecule has 1 heterocycles. The van der Waals surface area contributed by atoms with Gasteiger partial charge in [-0.05, 0) is 19.1 Å². The number of nitrogens with zero attached hydrogens (tertiary/aromatic N) is 3. The SMILES string of the molecule is COc1nnc(C)n1-c1ccccc1. The highest BCUT2D eigenvalue weighted by Gasteiger charge is 2.09. The number of methoxy groups -OCH3 is 1. The minimum Gasteiger partial charge on any atom is -0.467 e. The summed E-state index contributed by atoms with van der Waals surface area (Å²) in [6.07, 6.45) is 0. The lowest BCUT2D eigenvalue weighted by Gasteiger charge is -2.05. The van der Waals surface area contributed by atoms with Gasteiger partial charge in [0.05, 0.1) is 12.8 Å². The van der Waals surface area contributed by atoms with Gasteiger partial charge in [-0.1, -0.05) is 23.3 Å². The van der Waals surface area contributed by atoms with Gasteiger partial charge in [-0.15, -0.1) is 5.10 Å². The van der Waals surface area contributed by atoms with Crippen LogP contribution in [0.1, 0.15) is 5.82 Å². The number of rotatable bonds is 2. The number of benzene rings is 1. The molecule has 1 aromatic heterocycles. The average molecular weight is 189 g/mol. The van der Waals surface area contributed by atoms with Crippen molar-refractivity contribution in [3.05, 3.63) is 36.2 Å². The first kappa shape index (κ1) is 8.74. The average Bonchev–Trinajstić information content (AvgIpc) is 2.61. The topological polar surface area (TPSA) is 39.9 Å². The Morgan fingerprint density at radius 2 is 1.86 bits per heavy atom. The third kappa shape index (κ3) is 1.35. The summed E-state index contributed by atoms with van der Waals surface area (Å²) < 4.78 is 6.97. The summed E-state index contributed by atoms with van der Waals surface area (Å²) in [6, 6.07) is 10.4. The maximum atomic E-state index is 5.11. The van der Waals surface area contributed by atoms with Crippen LogP contribution in [0.2, 0.25) is 0 Å². The van der Waals surface area contributed by atoms with E-state index in [-0.39, 0.29) is 0 Å². The fourth-order valence-corrected chi connectivity index (χ4v) is 1.35. The molecule has 0 aliphatic rings. The maximum absolute atomic E-state index is 5.11. The van der Waals surface area contributed by atoms with Gasteiger partial charge in [-0.25, -0.2) is 4.57 Å². The number of aromatic nitrogens is 3. The van der Waals surface area contributed by atoms with Crippen LogP contribution in [-0.2, 0) is 0 Å². The molecular formula is C10H11N3O. The molecule has 0 N–H and O–H groups in total. The van der Waals surface area contributed by atoms with E-state index in [9.17, 15) is 0 Å². The summed E-state index contributed by atoms with van der Waals surface area (Å²) in [4.78, 5) is 0. The molecule has 4 heteroatoms. The number of ether oxygens (including phenoxy) is 1. The Bertz CT molecular complexity index is 422. The second-order valence-electron chi connectivity index (χ2n) is 2.90. The molecule has 0 aliphatic carbocycles. The van der Waals surface area contributed by atoms with Crippen LogP contribution in [0.3, 0.4) is 0 Å². The molecule has 0 atom stereocenters. The quantitative estimate of drug-likeness (QED) is 0.720. The van der Waals surface area contributed by atoms with E-state index in [4.69, 9.17) is 4.74 Å². The fourth-order valence-electron chi connectivity index (χ4n) is 1.35. The molecule has 2 aromatic rings. The minimum absolute atomic E-state index is 0.508. The number of hydrogen-bond donors (Lipinski definition) is 0. The molecule has 0 radical (unpaired) electrons. The van der Waals surface area contributed by atoms with E-state index in [0.29, 0.717) is 6.01 Å². The first-order chi connectivity index (χ1) is 6.83. The molecule has 0 saturated heterocycles. The molecule has 0 saturated carbocycles. The predicted octanol–water partition coefficient (Wildman–Crippen LogP) is 1.58. The van der Waals surface area contributed by atoms with Crippen molar-refractivity contribution in [1.29, 1.82) is 0 Å². The highest BCUT2D eigenvalue weighted by molar-refractivity contribution is 5.35. The molecule has 0 unspecified atom stereocenters. The van der Waals surface area contributed by atoms with Crippen molar-refractivity contribution >= 4 is 0 Å². The number of aryl methyl sites for hydroxylation is 1. The first-order valence-electron chi connectivity index (χ1n) is 4.34. The van der Waals surface area contributed by atoms with Gasteiger partial charge in [-0.2, -0.15) is 0 Å². The van der Waals surface area contributed by atoms with Crippen molar-refractivity contribution in [2.75, 3.05) is 7.11 Å². The second kappa shape index (κ2) is 3.49. The fraction of sp³-hybridized carbons (Fsp3) is 0.200. The van der Waals surface area contributed by atoms with E-state index in [2.05, 4.69) is 10.2 Å². The van der Waals surface area contributed by atoms with Gasteiger partial charge in [0.15, 0.2) is 0 Å². The molecule has 72 valence electrons. The van der Waals surface area contributed by atoms with Gasteiger partial charge in [-0.3, -0.25) is 0 Å². The Morgan fingerprint density at radius 1 is 1.14 bits per heavy atom.